The third kappa shape index (κ3) is 3.23. The molecule has 1 unspecified atom stereocenters. The summed E-state index contributed by atoms with van der Waals surface area (Å²) >= 11 is 0. The lowest BCUT2D eigenvalue weighted by molar-refractivity contribution is 0.399. The second kappa shape index (κ2) is 7.21. The maximum Gasteiger partial charge on any atom is 0.195 e. The maximum absolute atomic E-state index is 6.79. The van der Waals surface area contributed by atoms with Crippen LogP contribution in [0.5, 0.6) is 5.75 Å². The van der Waals surface area contributed by atoms with Crippen molar-refractivity contribution in [2.24, 2.45) is 16.5 Å². The molecule has 0 spiro atoms. The molecule has 1 atom stereocenters. The maximum atomic E-state index is 6.79. The van der Waals surface area contributed by atoms with Crippen molar-refractivity contribution >= 4 is 11.5 Å². The van der Waals surface area contributed by atoms with E-state index in [1.807, 2.05) is 53.3 Å². The van der Waals surface area contributed by atoms with E-state index in [0.717, 1.165) is 16.7 Å². The number of hydrogen-bond donors (Lipinski definition) is 3. The number of aliphatic imine (C=N–C) groups is 1. The molecule has 0 amide bonds. The monoisotopic (exact) mass is 374 g/mol. The molecule has 2 heterocycles. The van der Waals surface area contributed by atoms with Crippen LogP contribution in [-0.4, -0.2) is 22.8 Å². The van der Waals surface area contributed by atoms with Crippen molar-refractivity contribution < 1.29 is 4.74 Å². The second-order valence-corrected chi connectivity index (χ2v) is 6.58. The number of guanidine groups is 1. The molecule has 28 heavy (non-hydrogen) atoms. The van der Waals surface area contributed by atoms with Crippen LogP contribution in [0.1, 0.15) is 16.7 Å². The van der Waals surface area contributed by atoms with E-state index in [0.29, 0.717) is 12.3 Å². The van der Waals surface area contributed by atoms with Crippen molar-refractivity contribution in [1.82, 2.24) is 15.1 Å². The Morgan fingerprint density at radius 3 is 2.64 bits per heavy atom. The summed E-state index contributed by atoms with van der Waals surface area (Å²) in [5.41, 5.74) is 15.0. The SMILES string of the molecule is COc1ccccc1C1(N)N=C(N)NC=C1c1cnn(Cc2ccccc2)c1. The minimum Gasteiger partial charge on any atom is -0.496 e. The zero-order chi connectivity index (χ0) is 19.6. The van der Waals surface area contributed by atoms with Crippen LogP contribution in [-0.2, 0) is 12.2 Å². The first-order valence-corrected chi connectivity index (χ1v) is 8.92. The van der Waals surface area contributed by atoms with E-state index in [4.69, 9.17) is 16.2 Å². The summed E-state index contributed by atoms with van der Waals surface area (Å²) in [6, 6.07) is 17.7. The first-order valence-electron chi connectivity index (χ1n) is 8.92. The number of aromatic nitrogens is 2. The number of rotatable bonds is 5. The largest absolute Gasteiger partial charge is 0.496 e. The van der Waals surface area contributed by atoms with Gasteiger partial charge in [0, 0.05) is 29.1 Å². The summed E-state index contributed by atoms with van der Waals surface area (Å²) in [6.45, 7) is 0.666. The lowest BCUT2D eigenvalue weighted by Gasteiger charge is -2.32. The highest BCUT2D eigenvalue weighted by molar-refractivity contribution is 5.88. The number of methoxy groups -OCH3 is 1. The van der Waals surface area contributed by atoms with Crippen molar-refractivity contribution in [3.05, 3.63) is 89.9 Å². The van der Waals surface area contributed by atoms with Gasteiger partial charge in [-0.1, -0.05) is 48.5 Å². The van der Waals surface area contributed by atoms with E-state index in [9.17, 15) is 0 Å². The Kier molecular flexibility index (Phi) is 4.58. The van der Waals surface area contributed by atoms with Gasteiger partial charge in [-0.15, -0.1) is 0 Å². The number of nitrogens with two attached hydrogens (primary N) is 2. The molecule has 142 valence electrons. The van der Waals surface area contributed by atoms with Crippen LogP contribution in [0.15, 0.2) is 78.2 Å². The highest BCUT2D eigenvalue weighted by Crippen LogP contribution is 2.40. The Bertz CT molecular complexity index is 1040. The van der Waals surface area contributed by atoms with E-state index in [1.54, 1.807) is 19.5 Å². The van der Waals surface area contributed by atoms with Gasteiger partial charge < -0.3 is 15.8 Å². The summed E-state index contributed by atoms with van der Waals surface area (Å²) in [5.74, 6) is 0.889. The van der Waals surface area contributed by atoms with E-state index in [-0.39, 0.29) is 5.96 Å². The fourth-order valence-electron chi connectivity index (χ4n) is 3.37. The van der Waals surface area contributed by atoms with Gasteiger partial charge in [0.05, 0.1) is 19.9 Å². The Labute approximate surface area is 163 Å². The molecular formula is C21H22N6O. The van der Waals surface area contributed by atoms with Crippen molar-refractivity contribution in [2.45, 2.75) is 12.2 Å². The van der Waals surface area contributed by atoms with Gasteiger partial charge in [0.15, 0.2) is 11.6 Å². The Morgan fingerprint density at radius 1 is 1.11 bits per heavy atom. The Balaban J connectivity index is 1.72. The first-order chi connectivity index (χ1) is 13.6. The average molecular weight is 374 g/mol. The van der Waals surface area contributed by atoms with Crippen LogP contribution >= 0.6 is 0 Å². The molecule has 2 aromatic carbocycles. The van der Waals surface area contributed by atoms with Gasteiger partial charge >= 0.3 is 0 Å². The number of para-hydroxylation sites is 1. The van der Waals surface area contributed by atoms with E-state index < -0.39 is 5.66 Å². The molecule has 3 aromatic rings. The standard InChI is InChI=1S/C21H22N6O/c1-28-19-10-6-5-9-17(19)21(23)18(12-24-20(22)26-21)16-11-25-27(14-16)13-15-7-3-2-4-8-15/h2-12,14H,13,23H2,1H3,(H3,22,24,26). The molecule has 0 saturated heterocycles. The lowest BCUT2D eigenvalue weighted by atomic mass is 9.88. The molecule has 0 bridgehead atoms. The normalized spacial score (nSPS) is 18.8. The number of hydrogen-bond acceptors (Lipinski definition) is 6. The number of nitrogens with one attached hydrogen (secondary N) is 1. The van der Waals surface area contributed by atoms with Gasteiger partial charge in [-0.25, -0.2) is 4.99 Å². The van der Waals surface area contributed by atoms with Gasteiger partial charge in [0.1, 0.15) is 5.75 Å². The average Bonchev–Trinajstić information content (AvgIpc) is 3.16. The molecule has 5 N–H and O–H groups in total. The quantitative estimate of drug-likeness (QED) is 0.634. The van der Waals surface area contributed by atoms with Crippen LogP contribution in [0.4, 0.5) is 0 Å². The highest BCUT2D eigenvalue weighted by atomic mass is 16.5. The molecule has 1 aliphatic heterocycles. The topological polar surface area (TPSA) is 103 Å². The molecule has 0 saturated carbocycles. The lowest BCUT2D eigenvalue weighted by Crippen LogP contribution is -2.45. The zero-order valence-corrected chi connectivity index (χ0v) is 15.5. The van der Waals surface area contributed by atoms with Gasteiger partial charge in [-0.05, 0) is 11.6 Å². The minimum atomic E-state index is -1.19. The summed E-state index contributed by atoms with van der Waals surface area (Å²) in [7, 11) is 1.61. The van der Waals surface area contributed by atoms with Crippen LogP contribution in [0.3, 0.4) is 0 Å². The Morgan fingerprint density at radius 2 is 1.86 bits per heavy atom. The van der Waals surface area contributed by atoms with Crippen LogP contribution < -0.4 is 21.5 Å². The number of benzene rings is 2. The van der Waals surface area contributed by atoms with Gasteiger partial charge in [0.2, 0.25) is 0 Å². The molecule has 7 nitrogen and oxygen atoms in total. The first kappa shape index (κ1) is 17.8. The van der Waals surface area contributed by atoms with Crippen molar-refractivity contribution in [3.8, 4) is 5.75 Å². The molecule has 1 aliphatic rings. The number of nitrogens with zero attached hydrogens (tertiary/aromatic N) is 3. The smallest absolute Gasteiger partial charge is 0.195 e. The van der Waals surface area contributed by atoms with Gasteiger partial charge in [-0.3, -0.25) is 10.4 Å². The zero-order valence-electron chi connectivity index (χ0n) is 15.5. The van der Waals surface area contributed by atoms with Gasteiger partial charge in [0.25, 0.3) is 0 Å². The fourth-order valence-corrected chi connectivity index (χ4v) is 3.37. The predicted molar refractivity (Wildman–Crippen MR) is 109 cm³/mol. The molecule has 4 rings (SSSR count). The molecule has 0 fully saturated rings. The van der Waals surface area contributed by atoms with Gasteiger partial charge in [-0.2, -0.15) is 5.10 Å². The van der Waals surface area contributed by atoms with E-state index in [1.165, 1.54) is 5.56 Å². The van der Waals surface area contributed by atoms with Crippen molar-refractivity contribution in [2.75, 3.05) is 7.11 Å². The third-order valence-electron chi connectivity index (χ3n) is 4.72. The summed E-state index contributed by atoms with van der Waals surface area (Å²) in [6.07, 6.45) is 5.51. The summed E-state index contributed by atoms with van der Waals surface area (Å²) in [5, 5.41) is 7.45. The summed E-state index contributed by atoms with van der Waals surface area (Å²) in [4.78, 5) is 4.52. The Hall–Kier alpha value is -3.58. The molecule has 0 aliphatic carbocycles. The van der Waals surface area contributed by atoms with E-state index in [2.05, 4.69) is 27.5 Å². The summed E-state index contributed by atoms with van der Waals surface area (Å²) < 4.78 is 7.38. The third-order valence-corrected chi connectivity index (χ3v) is 4.72. The van der Waals surface area contributed by atoms with Crippen molar-refractivity contribution in [1.29, 1.82) is 0 Å². The molecule has 1 aromatic heterocycles. The minimum absolute atomic E-state index is 0.244. The highest BCUT2D eigenvalue weighted by Gasteiger charge is 2.38. The fraction of sp³-hybridized carbons (Fsp3) is 0.143. The second-order valence-electron chi connectivity index (χ2n) is 6.58. The van der Waals surface area contributed by atoms with Crippen molar-refractivity contribution in [3.63, 3.8) is 0 Å². The molecular weight excluding hydrogens is 352 g/mol. The van der Waals surface area contributed by atoms with Crippen LogP contribution in [0, 0.1) is 0 Å². The van der Waals surface area contributed by atoms with Crippen LogP contribution in [0.25, 0.3) is 5.57 Å². The van der Waals surface area contributed by atoms with Crippen LogP contribution in [0.2, 0.25) is 0 Å². The number of ether oxygens (including phenoxy) is 1. The van der Waals surface area contributed by atoms with E-state index >= 15 is 0 Å². The predicted octanol–water partition coefficient (Wildman–Crippen LogP) is 2.01. The molecule has 7 heteroatoms. The molecule has 0 radical (unpaired) electrons.